The summed E-state index contributed by atoms with van der Waals surface area (Å²) in [6.45, 7) is 2.81. The van der Waals surface area contributed by atoms with Gasteiger partial charge in [-0.2, -0.15) is 0 Å². The van der Waals surface area contributed by atoms with Gasteiger partial charge in [0.1, 0.15) is 11.3 Å². The van der Waals surface area contributed by atoms with Crippen molar-refractivity contribution in [3.63, 3.8) is 0 Å². The third-order valence-electron chi connectivity index (χ3n) is 2.76. The van der Waals surface area contributed by atoms with E-state index >= 15 is 0 Å². The molecule has 0 radical (unpaired) electrons. The Morgan fingerprint density at radius 3 is 2.90 bits per heavy atom. The van der Waals surface area contributed by atoms with Gasteiger partial charge in [0.05, 0.1) is 6.61 Å². The molecule has 0 saturated carbocycles. The average Bonchev–Trinajstić information content (AvgIpc) is 2.49. The SMILES string of the molecule is CCOC(=O)c1cccnc1Oc1cccc(CNC)c1. The molecule has 0 atom stereocenters. The minimum absolute atomic E-state index is 0.248. The number of carbonyl (C=O) groups is 1. The monoisotopic (exact) mass is 286 g/mol. The Morgan fingerprint density at radius 2 is 2.14 bits per heavy atom. The first kappa shape index (κ1) is 15.0. The van der Waals surface area contributed by atoms with Crippen LogP contribution in [0.5, 0.6) is 11.6 Å². The molecular formula is C16H18N2O3. The van der Waals surface area contributed by atoms with Crippen molar-refractivity contribution < 1.29 is 14.3 Å². The smallest absolute Gasteiger partial charge is 0.343 e. The number of aromatic nitrogens is 1. The number of esters is 1. The maximum absolute atomic E-state index is 11.9. The quantitative estimate of drug-likeness (QED) is 0.827. The zero-order chi connectivity index (χ0) is 15.1. The Hall–Kier alpha value is -2.40. The van der Waals surface area contributed by atoms with Crippen LogP contribution < -0.4 is 10.1 Å². The standard InChI is InChI=1S/C16H18N2O3/c1-3-20-16(19)14-8-5-9-18-15(14)21-13-7-4-6-12(10-13)11-17-2/h4-10,17H,3,11H2,1-2H3. The van der Waals surface area contributed by atoms with E-state index in [0.717, 1.165) is 12.1 Å². The fourth-order valence-electron chi connectivity index (χ4n) is 1.87. The predicted octanol–water partition coefficient (Wildman–Crippen LogP) is 2.77. The maximum atomic E-state index is 11.9. The molecule has 1 N–H and O–H groups in total. The fourth-order valence-corrected chi connectivity index (χ4v) is 1.87. The Bertz CT molecular complexity index is 614. The Kier molecular flexibility index (Phi) is 5.29. The Labute approximate surface area is 123 Å². The topological polar surface area (TPSA) is 60.5 Å². The molecule has 5 heteroatoms. The van der Waals surface area contributed by atoms with Crippen molar-refractivity contribution >= 4 is 5.97 Å². The van der Waals surface area contributed by atoms with Crippen molar-refractivity contribution in [3.8, 4) is 11.6 Å². The zero-order valence-corrected chi connectivity index (χ0v) is 12.1. The molecule has 1 aromatic carbocycles. The van der Waals surface area contributed by atoms with Crippen molar-refractivity contribution in [2.45, 2.75) is 13.5 Å². The van der Waals surface area contributed by atoms with Crippen LogP contribution in [0.2, 0.25) is 0 Å². The molecule has 0 bridgehead atoms. The lowest BCUT2D eigenvalue weighted by Gasteiger charge is -2.10. The molecule has 1 heterocycles. The molecule has 0 unspecified atom stereocenters. The lowest BCUT2D eigenvalue weighted by molar-refractivity contribution is 0.0522. The lowest BCUT2D eigenvalue weighted by atomic mass is 10.2. The molecule has 0 saturated heterocycles. The number of hydrogen-bond acceptors (Lipinski definition) is 5. The van der Waals surface area contributed by atoms with Crippen LogP contribution in [0.25, 0.3) is 0 Å². The van der Waals surface area contributed by atoms with Crippen LogP contribution in [0.15, 0.2) is 42.6 Å². The molecule has 0 spiro atoms. The maximum Gasteiger partial charge on any atom is 0.343 e. The van der Waals surface area contributed by atoms with Crippen LogP contribution >= 0.6 is 0 Å². The number of hydrogen-bond donors (Lipinski definition) is 1. The molecule has 0 fully saturated rings. The number of nitrogens with zero attached hydrogens (tertiary/aromatic N) is 1. The van der Waals surface area contributed by atoms with Gasteiger partial charge in [0, 0.05) is 12.7 Å². The molecule has 21 heavy (non-hydrogen) atoms. The van der Waals surface area contributed by atoms with Crippen molar-refractivity contribution in [1.29, 1.82) is 0 Å². The first-order valence-electron chi connectivity index (χ1n) is 6.78. The van der Waals surface area contributed by atoms with Crippen molar-refractivity contribution in [1.82, 2.24) is 10.3 Å². The van der Waals surface area contributed by atoms with Crippen LogP contribution in [0.4, 0.5) is 0 Å². The second-order valence-corrected chi connectivity index (χ2v) is 4.36. The number of rotatable bonds is 6. The Morgan fingerprint density at radius 1 is 1.29 bits per heavy atom. The molecule has 0 amide bonds. The summed E-state index contributed by atoms with van der Waals surface area (Å²) in [6, 6.07) is 10.9. The van der Waals surface area contributed by atoms with Gasteiger partial charge >= 0.3 is 5.97 Å². The number of benzene rings is 1. The summed E-state index contributed by atoms with van der Waals surface area (Å²) in [5, 5.41) is 3.08. The van der Waals surface area contributed by atoms with E-state index in [0.29, 0.717) is 17.9 Å². The van der Waals surface area contributed by atoms with Gasteiger partial charge < -0.3 is 14.8 Å². The van der Waals surface area contributed by atoms with Gasteiger partial charge in [-0.1, -0.05) is 12.1 Å². The molecule has 1 aromatic heterocycles. The molecule has 2 aromatic rings. The molecular weight excluding hydrogens is 268 g/mol. The van der Waals surface area contributed by atoms with Crippen LogP contribution in [0.1, 0.15) is 22.8 Å². The van der Waals surface area contributed by atoms with Crippen molar-refractivity contribution in [3.05, 3.63) is 53.7 Å². The largest absolute Gasteiger partial charge is 0.462 e. The molecule has 110 valence electrons. The van der Waals surface area contributed by atoms with Gasteiger partial charge in [-0.15, -0.1) is 0 Å². The van der Waals surface area contributed by atoms with E-state index < -0.39 is 5.97 Å². The van der Waals surface area contributed by atoms with E-state index in [4.69, 9.17) is 9.47 Å². The van der Waals surface area contributed by atoms with E-state index in [2.05, 4.69) is 10.3 Å². The molecule has 0 aliphatic heterocycles. The molecule has 5 nitrogen and oxygen atoms in total. The van der Waals surface area contributed by atoms with Gasteiger partial charge in [-0.05, 0) is 43.8 Å². The average molecular weight is 286 g/mol. The van der Waals surface area contributed by atoms with E-state index in [-0.39, 0.29) is 5.88 Å². The minimum atomic E-state index is -0.438. The molecule has 0 aliphatic rings. The van der Waals surface area contributed by atoms with Gasteiger partial charge in [-0.3, -0.25) is 0 Å². The molecule has 2 rings (SSSR count). The summed E-state index contributed by atoms with van der Waals surface area (Å²) in [5.41, 5.74) is 1.40. The van der Waals surface area contributed by atoms with Gasteiger partial charge in [0.2, 0.25) is 5.88 Å². The third kappa shape index (κ3) is 4.03. The number of carbonyl (C=O) groups excluding carboxylic acids is 1. The summed E-state index contributed by atoms with van der Waals surface area (Å²) in [6.07, 6.45) is 1.58. The summed E-state index contributed by atoms with van der Waals surface area (Å²) in [4.78, 5) is 16.0. The van der Waals surface area contributed by atoms with Gasteiger partial charge in [-0.25, -0.2) is 9.78 Å². The summed E-state index contributed by atoms with van der Waals surface area (Å²) in [7, 11) is 1.88. The highest BCUT2D eigenvalue weighted by atomic mass is 16.5. The summed E-state index contributed by atoms with van der Waals surface area (Å²) >= 11 is 0. The minimum Gasteiger partial charge on any atom is -0.462 e. The number of ether oxygens (including phenoxy) is 2. The lowest BCUT2D eigenvalue weighted by Crippen LogP contribution is -2.07. The first-order chi connectivity index (χ1) is 10.2. The van der Waals surface area contributed by atoms with E-state index in [1.54, 1.807) is 25.3 Å². The predicted molar refractivity (Wildman–Crippen MR) is 79.5 cm³/mol. The normalized spacial score (nSPS) is 10.2. The first-order valence-corrected chi connectivity index (χ1v) is 6.78. The number of pyridine rings is 1. The second-order valence-electron chi connectivity index (χ2n) is 4.36. The van der Waals surface area contributed by atoms with Crippen LogP contribution in [0, 0.1) is 0 Å². The third-order valence-corrected chi connectivity index (χ3v) is 2.76. The second kappa shape index (κ2) is 7.40. The highest BCUT2D eigenvalue weighted by molar-refractivity contribution is 5.91. The van der Waals surface area contributed by atoms with E-state index in [1.807, 2.05) is 31.3 Å². The van der Waals surface area contributed by atoms with Crippen LogP contribution in [0.3, 0.4) is 0 Å². The van der Waals surface area contributed by atoms with Gasteiger partial charge in [0.25, 0.3) is 0 Å². The summed E-state index contributed by atoms with van der Waals surface area (Å²) < 4.78 is 10.7. The highest BCUT2D eigenvalue weighted by Crippen LogP contribution is 2.24. The Balaban J connectivity index is 2.23. The highest BCUT2D eigenvalue weighted by Gasteiger charge is 2.15. The van der Waals surface area contributed by atoms with Crippen molar-refractivity contribution in [2.75, 3.05) is 13.7 Å². The molecule has 0 aliphatic carbocycles. The van der Waals surface area contributed by atoms with E-state index in [1.165, 1.54) is 0 Å². The van der Waals surface area contributed by atoms with Crippen molar-refractivity contribution in [2.24, 2.45) is 0 Å². The van der Waals surface area contributed by atoms with Crippen LogP contribution in [-0.2, 0) is 11.3 Å². The zero-order valence-electron chi connectivity index (χ0n) is 12.1. The van der Waals surface area contributed by atoms with Gasteiger partial charge in [0.15, 0.2) is 0 Å². The number of nitrogens with one attached hydrogen (secondary N) is 1. The van der Waals surface area contributed by atoms with E-state index in [9.17, 15) is 4.79 Å². The van der Waals surface area contributed by atoms with Crippen LogP contribution in [-0.4, -0.2) is 24.6 Å². The summed E-state index contributed by atoms with van der Waals surface area (Å²) in [5.74, 6) is 0.441. The fraction of sp³-hybridized carbons (Fsp3) is 0.250.